The summed E-state index contributed by atoms with van der Waals surface area (Å²) in [5.41, 5.74) is 5.34. The van der Waals surface area contributed by atoms with Crippen LogP contribution < -0.4 is 9.80 Å². The summed E-state index contributed by atoms with van der Waals surface area (Å²) in [5, 5.41) is 0. The third kappa shape index (κ3) is 6.71. The average molecular weight is 557 g/mol. The number of nitrogens with zero attached hydrogens (tertiary/aromatic N) is 2. The van der Waals surface area contributed by atoms with E-state index in [4.69, 9.17) is 0 Å². The first-order valence-electron chi connectivity index (χ1n) is 14.8. The van der Waals surface area contributed by atoms with Crippen LogP contribution in [0, 0.1) is 10.8 Å². The summed E-state index contributed by atoms with van der Waals surface area (Å²) in [4.78, 5) is 30.9. The second-order valence-electron chi connectivity index (χ2n) is 12.5. The molecule has 0 unspecified atom stereocenters. The maximum atomic E-state index is 13.3. The molecule has 214 valence electrons. The number of hydrogen-bond donors (Lipinski definition) is 0. The molecule has 0 bridgehead atoms. The van der Waals surface area contributed by atoms with Gasteiger partial charge in [0.25, 0.3) is 0 Å². The van der Waals surface area contributed by atoms with Crippen molar-refractivity contribution in [1.82, 2.24) is 0 Å². The number of rotatable bonds is 8. The molecule has 5 rings (SSSR count). The Kier molecular flexibility index (Phi) is 8.44. The van der Waals surface area contributed by atoms with Crippen molar-refractivity contribution in [2.75, 3.05) is 22.9 Å². The Balaban J connectivity index is 1.26. The molecule has 4 nitrogen and oxygen atoms in total. The molecule has 42 heavy (non-hydrogen) atoms. The van der Waals surface area contributed by atoms with Crippen LogP contribution in [0.5, 0.6) is 0 Å². The minimum Gasteiger partial charge on any atom is -0.348 e. The molecule has 0 N–H and O–H groups in total. The lowest BCUT2D eigenvalue weighted by Gasteiger charge is -2.36. The van der Waals surface area contributed by atoms with Crippen LogP contribution in [0.4, 0.5) is 11.4 Å². The largest absolute Gasteiger partial charge is 0.348 e. The highest BCUT2D eigenvalue weighted by Crippen LogP contribution is 2.38. The number of benzene rings is 3. The molecular formula is C38H40N2O2. The van der Waals surface area contributed by atoms with Crippen LogP contribution in [-0.4, -0.2) is 24.7 Å². The van der Waals surface area contributed by atoms with Crippen LogP contribution in [0.3, 0.4) is 0 Å². The molecule has 0 aliphatic carbocycles. The molecule has 2 heterocycles. The topological polar surface area (TPSA) is 40.6 Å². The first kappa shape index (κ1) is 29.1. The Morgan fingerprint density at radius 2 is 0.929 bits per heavy atom. The van der Waals surface area contributed by atoms with E-state index in [-0.39, 0.29) is 22.4 Å². The van der Waals surface area contributed by atoms with E-state index in [1.54, 1.807) is 12.2 Å². The molecule has 4 heteroatoms. The van der Waals surface area contributed by atoms with Gasteiger partial charge in [-0.05, 0) is 71.2 Å². The minimum absolute atomic E-state index is 0.0307. The molecule has 3 aromatic rings. The maximum Gasteiger partial charge on any atom is 0.183 e. The van der Waals surface area contributed by atoms with E-state index < -0.39 is 0 Å². The second-order valence-corrected chi connectivity index (χ2v) is 12.5. The highest BCUT2D eigenvalue weighted by molar-refractivity contribution is 6.08. The molecule has 0 aromatic heterocycles. The normalized spacial score (nSPS) is 18.2. The second kappa shape index (κ2) is 12.2. The zero-order valence-electron chi connectivity index (χ0n) is 25.1. The van der Waals surface area contributed by atoms with E-state index in [1.165, 1.54) is 0 Å². The van der Waals surface area contributed by atoms with Gasteiger partial charge in [-0.3, -0.25) is 9.59 Å². The Hall–Kier alpha value is -4.44. The number of anilines is 2. The fourth-order valence-corrected chi connectivity index (χ4v) is 5.54. The molecule has 0 spiro atoms. The van der Waals surface area contributed by atoms with Crippen LogP contribution in [0.25, 0.3) is 12.2 Å². The van der Waals surface area contributed by atoms with Crippen LogP contribution in [0.1, 0.15) is 51.7 Å². The van der Waals surface area contributed by atoms with Gasteiger partial charge in [0.1, 0.15) is 0 Å². The van der Waals surface area contributed by atoms with Gasteiger partial charge >= 0.3 is 0 Å². The molecule has 2 aliphatic rings. The van der Waals surface area contributed by atoms with E-state index >= 15 is 0 Å². The van der Waals surface area contributed by atoms with Crippen molar-refractivity contribution >= 4 is 35.1 Å². The fraction of sp³-hybridized carbons (Fsp3) is 0.263. The molecule has 0 radical (unpaired) electrons. The van der Waals surface area contributed by atoms with Crippen LogP contribution in [-0.2, 0) is 9.59 Å². The summed E-state index contributed by atoms with van der Waals surface area (Å²) in [7, 11) is 0. The summed E-state index contributed by atoms with van der Waals surface area (Å²) in [6.45, 7) is 10.3. The first-order chi connectivity index (χ1) is 20.1. The van der Waals surface area contributed by atoms with Gasteiger partial charge in [-0.2, -0.15) is 0 Å². The maximum absolute atomic E-state index is 13.3. The molecule has 0 saturated heterocycles. The van der Waals surface area contributed by atoms with Crippen molar-refractivity contribution in [3.05, 3.63) is 132 Å². The van der Waals surface area contributed by atoms with Gasteiger partial charge in [0.05, 0.1) is 0 Å². The van der Waals surface area contributed by atoms with E-state index in [0.717, 1.165) is 59.6 Å². The standard InChI is InChI=1S/C38H40N2O2/c1-37(2)23-25-39(31-11-7-5-8-12-31)27-33(37)35(41)21-19-29-15-17-30(18-16-29)20-22-36(42)34-28-40(26-24-38(34,3)4)32-13-9-6-10-14-32/h5-22,27-28H,23-26H2,1-4H3/b21-19+,22-20+. The number of hydrogen-bond acceptors (Lipinski definition) is 4. The van der Waals surface area contributed by atoms with E-state index in [2.05, 4.69) is 61.8 Å². The Morgan fingerprint density at radius 1 is 0.571 bits per heavy atom. The first-order valence-corrected chi connectivity index (χ1v) is 14.8. The van der Waals surface area contributed by atoms with Crippen molar-refractivity contribution in [1.29, 1.82) is 0 Å². The summed E-state index contributed by atoms with van der Waals surface area (Å²) >= 11 is 0. The summed E-state index contributed by atoms with van der Waals surface area (Å²) in [6, 6.07) is 28.3. The number of para-hydroxylation sites is 2. The minimum atomic E-state index is -0.186. The third-order valence-electron chi connectivity index (χ3n) is 8.48. The third-order valence-corrected chi connectivity index (χ3v) is 8.48. The monoisotopic (exact) mass is 556 g/mol. The SMILES string of the molecule is CC1(C)CCN(c2ccccc2)C=C1C(=O)/C=C/c1ccc(/C=C/C(=O)C2=CN(c3ccccc3)CCC2(C)C)cc1. The molecule has 3 aromatic carbocycles. The molecule has 2 aliphatic heterocycles. The van der Waals surface area contributed by atoms with Gasteiger partial charge in [-0.1, -0.05) is 101 Å². The Bertz CT molecular complexity index is 1420. The average Bonchev–Trinajstić information content (AvgIpc) is 3.00. The van der Waals surface area contributed by atoms with Crippen LogP contribution in [0.2, 0.25) is 0 Å². The highest BCUT2D eigenvalue weighted by atomic mass is 16.1. The lowest BCUT2D eigenvalue weighted by molar-refractivity contribution is -0.113. The summed E-state index contributed by atoms with van der Waals surface area (Å²) in [5.74, 6) is 0.0613. The number of carbonyl (C=O) groups excluding carboxylic acids is 2. The van der Waals surface area contributed by atoms with Crippen molar-refractivity contribution < 1.29 is 9.59 Å². The summed E-state index contributed by atoms with van der Waals surface area (Å²) < 4.78 is 0. The molecular weight excluding hydrogens is 516 g/mol. The van der Waals surface area contributed by atoms with E-state index in [1.807, 2.05) is 85.2 Å². The molecule has 0 atom stereocenters. The van der Waals surface area contributed by atoms with Crippen molar-refractivity contribution in [2.45, 2.75) is 40.5 Å². The Labute approximate surface area is 250 Å². The molecule has 0 amide bonds. The number of carbonyl (C=O) groups is 2. The lowest BCUT2D eigenvalue weighted by atomic mass is 9.77. The van der Waals surface area contributed by atoms with Gasteiger partial charge in [0.15, 0.2) is 11.6 Å². The number of ketones is 2. The van der Waals surface area contributed by atoms with Gasteiger partial charge in [-0.15, -0.1) is 0 Å². The van der Waals surface area contributed by atoms with E-state index in [0.29, 0.717) is 0 Å². The van der Waals surface area contributed by atoms with Crippen molar-refractivity contribution in [2.24, 2.45) is 10.8 Å². The van der Waals surface area contributed by atoms with Gasteiger partial charge < -0.3 is 9.80 Å². The highest BCUT2D eigenvalue weighted by Gasteiger charge is 2.33. The zero-order valence-corrected chi connectivity index (χ0v) is 25.1. The fourth-order valence-electron chi connectivity index (χ4n) is 5.54. The van der Waals surface area contributed by atoms with Gasteiger partial charge in [0.2, 0.25) is 0 Å². The van der Waals surface area contributed by atoms with Crippen molar-refractivity contribution in [3.8, 4) is 0 Å². The molecule has 0 fully saturated rings. The lowest BCUT2D eigenvalue weighted by Crippen LogP contribution is -2.34. The predicted octanol–water partition coefficient (Wildman–Crippen LogP) is 8.49. The molecule has 0 saturated carbocycles. The zero-order chi connectivity index (χ0) is 29.7. The van der Waals surface area contributed by atoms with Crippen LogP contribution >= 0.6 is 0 Å². The van der Waals surface area contributed by atoms with Crippen molar-refractivity contribution in [3.63, 3.8) is 0 Å². The summed E-state index contributed by atoms with van der Waals surface area (Å²) in [6.07, 6.45) is 12.9. The quantitative estimate of drug-likeness (QED) is 0.261. The smallest absolute Gasteiger partial charge is 0.183 e. The van der Waals surface area contributed by atoms with Crippen LogP contribution in [0.15, 0.2) is 121 Å². The predicted molar refractivity (Wildman–Crippen MR) is 175 cm³/mol. The van der Waals surface area contributed by atoms with Gasteiger partial charge in [-0.25, -0.2) is 0 Å². The van der Waals surface area contributed by atoms with E-state index in [9.17, 15) is 9.59 Å². The Morgan fingerprint density at radius 3 is 1.29 bits per heavy atom. The van der Waals surface area contributed by atoms with Gasteiger partial charge in [0, 0.05) is 48.0 Å². The number of allylic oxidation sites excluding steroid dienone is 4.